The van der Waals surface area contributed by atoms with Crippen LogP contribution in [-0.4, -0.2) is 44.6 Å². The average Bonchev–Trinajstić information content (AvgIpc) is 3.28. The van der Waals surface area contributed by atoms with Gasteiger partial charge < -0.3 is 20.4 Å². The molecule has 1 unspecified atom stereocenters. The van der Waals surface area contributed by atoms with Crippen molar-refractivity contribution in [3.05, 3.63) is 65.2 Å². The summed E-state index contributed by atoms with van der Waals surface area (Å²) in [4.78, 5) is 9.56. The highest BCUT2D eigenvalue weighted by atomic mass is 127. The van der Waals surface area contributed by atoms with Gasteiger partial charge in [0.2, 0.25) is 0 Å². The van der Waals surface area contributed by atoms with E-state index >= 15 is 0 Å². The maximum absolute atomic E-state index is 4.88. The van der Waals surface area contributed by atoms with Crippen molar-refractivity contribution in [1.82, 2.24) is 15.5 Å². The molecule has 31 heavy (non-hydrogen) atoms. The van der Waals surface area contributed by atoms with Crippen molar-refractivity contribution >= 4 is 35.6 Å². The smallest absolute Gasteiger partial charge is 0.192 e. The molecule has 2 aromatic rings. The van der Waals surface area contributed by atoms with E-state index in [2.05, 4.69) is 96.9 Å². The van der Waals surface area contributed by atoms with Crippen molar-refractivity contribution in [1.29, 1.82) is 0 Å². The van der Waals surface area contributed by atoms with Crippen LogP contribution < -0.4 is 15.5 Å². The zero-order valence-corrected chi connectivity index (χ0v) is 21.7. The van der Waals surface area contributed by atoms with Crippen LogP contribution in [0.3, 0.4) is 0 Å². The molecule has 2 N–H and O–H groups in total. The minimum Gasteiger partial charge on any atom is -0.372 e. The highest BCUT2D eigenvalue weighted by molar-refractivity contribution is 14.0. The van der Waals surface area contributed by atoms with Gasteiger partial charge in [-0.2, -0.15) is 0 Å². The van der Waals surface area contributed by atoms with Crippen LogP contribution in [0.25, 0.3) is 0 Å². The largest absolute Gasteiger partial charge is 0.372 e. The second-order valence-electron chi connectivity index (χ2n) is 8.36. The fourth-order valence-electron chi connectivity index (χ4n) is 3.95. The second-order valence-corrected chi connectivity index (χ2v) is 8.36. The molecule has 1 fully saturated rings. The molecule has 1 aliphatic rings. The summed E-state index contributed by atoms with van der Waals surface area (Å²) in [6, 6.07) is 17.7. The molecule has 6 heteroatoms. The predicted molar refractivity (Wildman–Crippen MR) is 144 cm³/mol. The Morgan fingerprint density at radius 2 is 1.77 bits per heavy atom. The van der Waals surface area contributed by atoms with E-state index in [0.29, 0.717) is 6.54 Å². The SMILES string of the molecule is CCNC(=NCc1ccccc1CN(C)C)NC(C)c1cccc(N2CCCC2)c1.I. The molecule has 0 spiro atoms. The Balaban J connectivity index is 0.00000341. The minimum atomic E-state index is 0. The Kier molecular flexibility index (Phi) is 10.6. The molecule has 3 rings (SSSR count). The third kappa shape index (κ3) is 7.68. The van der Waals surface area contributed by atoms with Crippen molar-refractivity contribution in [2.24, 2.45) is 4.99 Å². The average molecular weight is 536 g/mol. The topological polar surface area (TPSA) is 42.9 Å². The number of nitrogens with one attached hydrogen (secondary N) is 2. The van der Waals surface area contributed by atoms with E-state index in [9.17, 15) is 0 Å². The van der Waals surface area contributed by atoms with Crippen molar-refractivity contribution in [3.63, 3.8) is 0 Å². The molecule has 1 saturated heterocycles. The molecule has 1 heterocycles. The summed E-state index contributed by atoms with van der Waals surface area (Å²) in [6.45, 7) is 9.08. The summed E-state index contributed by atoms with van der Waals surface area (Å²) in [5.41, 5.74) is 5.22. The molecule has 170 valence electrons. The second kappa shape index (κ2) is 12.9. The lowest BCUT2D eigenvalue weighted by molar-refractivity contribution is 0.401. The summed E-state index contributed by atoms with van der Waals surface area (Å²) < 4.78 is 0. The van der Waals surface area contributed by atoms with Crippen LogP contribution in [0.15, 0.2) is 53.5 Å². The van der Waals surface area contributed by atoms with E-state index in [1.54, 1.807) is 0 Å². The summed E-state index contributed by atoms with van der Waals surface area (Å²) in [5.74, 6) is 0.858. The van der Waals surface area contributed by atoms with Crippen LogP contribution in [0.2, 0.25) is 0 Å². The van der Waals surface area contributed by atoms with Crippen molar-refractivity contribution in [2.75, 3.05) is 38.6 Å². The Morgan fingerprint density at radius 3 is 2.45 bits per heavy atom. The van der Waals surface area contributed by atoms with Crippen LogP contribution in [0.5, 0.6) is 0 Å². The van der Waals surface area contributed by atoms with E-state index in [1.165, 1.54) is 48.3 Å². The van der Waals surface area contributed by atoms with Crippen LogP contribution in [0.4, 0.5) is 5.69 Å². The minimum absolute atomic E-state index is 0. The molecule has 0 aliphatic carbocycles. The van der Waals surface area contributed by atoms with E-state index in [1.807, 2.05) is 0 Å². The first-order valence-corrected chi connectivity index (χ1v) is 11.2. The van der Waals surface area contributed by atoms with Crippen LogP contribution in [0, 0.1) is 0 Å². The number of rotatable bonds is 8. The number of hydrogen-bond acceptors (Lipinski definition) is 3. The Labute approximate surface area is 205 Å². The predicted octanol–water partition coefficient (Wildman–Crippen LogP) is 4.78. The van der Waals surface area contributed by atoms with Gasteiger partial charge in [0.25, 0.3) is 0 Å². The number of halogens is 1. The Morgan fingerprint density at radius 1 is 1.06 bits per heavy atom. The number of benzene rings is 2. The van der Waals surface area contributed by atoms with E-state index < -0.39 is 0 Å². The summed E-state index contributed by atoms with van der Waals surface area (Å²) in [7, 11) is 4.20. The molecule has 0 aromatic heterocycles. The van der Waals surface area contributed by atoms with Gasteiger partial charge in [-0.05, 0) is 69.6 Å². The monoisotopic (exact) mass is 535 g/mol. The number of nitrogens with zero attached hydrogens (tertiary/aromatic N) is 3. The molecular formula is C25H38IN5. The third-order valence-corrected chi connectivity index (χ3v) is 5.55. The number of guanidine groups is 1. The van der Waals surface area contributed by atoms with Crippen molar-refractivity contribution in [3.8, 4) is 0 Å². The van der Waals surface area contributed by atoms with Gasteiger partial charge in [0.15, 0.2) is 5.96 Å². The fourth-order valence-corrected chi connectivity index (χ4v) is 3.95. The highest BCUT2D eigenvalue weighted by Crippen LogP contribution is 2.24. The van der Waals surface area contributed by atoms with Crippen LogP contribution >= 0.6 is 24.0 Å². The van der Waals surface area contributed by atoms with Gasteiger partial charge in [0.1, 0.15) is 0 Å². The number of hydrogen-bond donors (Lipinski definition) is 2. The zero-order chi connectivity index (χ0) is 21.3. The Hall–Kier alpha value is -1.80. The molecule has 1 atom stereocenters. The molecule has 2 aromatic carbocycles. The first-order valence-electron chi connectivity index (χ1n) is 11.2. The van der Waals surface area contributed by atoms with E-state index in [4.69, 9.17) is 4.99 Å². The summed E-state index contributed by atoms with van der Waals surface area (Å²) in [6.07, 6.45) is 2.59. The summed E-state index contributed by atoms with van der Waals surface area (Å²) in [5, 5.41) is 6.99. The van der Waals surface area contributed by atoms with Crippen LogP contribution in [0.1, 0.15) is 49.4 Å². The fraction of sp³-hybridized carbons (Fsp3) is 0.480. The standard InChI is InChI=1S/C25H37N5.HI/c1-5-26-25(27-18-22-11-6-7-12-23(22)19-29(3)4)28-20(2)21-13-10-14-24(17-21)30-15-8-9-16-30;/h6-7,10-14,17,20H,5,8-9,15-16,18-19H2,1-4H3,(H2,26,27,28);1H. The molecule has 0 radical (unpaired) electrons. The summed E-state index contributed by atoms with van der Waals surface area (Å²) >= 11 is 0. The van der Waals surface area contributed by atoms with Gasteiger partial charge in [0.05, 0.1) is 12.6 Å². The zero-order valence-electron chi connectivity index (χ0n) is 19.4. The number of aliphatic imine (C=N–C) groups is 1. The lowest BCUT2D eigenvalue weighted by Gasteiger charge is -2.22. The van der Waals surface area contributed by atoms with Gasteiger partial charge in [-0.25, -0.2) is 4.99 Å². The maximum atomic E-state index is 4.88. The molecule has 0 amide bonds. The van der Waals surface area contributed by atoms with Crippen molar-refractivity contribution < 1.29 is 0 Å². The molecule has 0 bridgehead atoms. The quantitative estimate of drug-likeness (QED) is 0.290. The third-order valence-electron chi connectivity index (χ3n) is 5.55. The molecule has 1 aliphatic heterocycles. The van der Waals surface area contributed by atoms with Gasteiger partial charge in [-0.15, -0.1) is 24.0 Å². The normalized spacial score (nSPS) is 15.0. The molecular weight excluding hydrogens is 497 g/mol. The lowest BCUT2D eigenvalue weighted by atomic mass is 10.1. The molecule has 5 nitrogen and oxygen atoms in total. The van der Waals surface area contributed by atoms with Gasteiger partial charge >= 0.3 is 0 Å². The maximum Gasteiger partial charge on any atom is 0.192 e. The first kappa shape index (κ1) is 25.5. The lowest BCUT2D eigenvalue weighted by Crippen LogP contribution is -2.38. The van der Waals surface area contributed by atoms with Crippen molar-refractivity contribution in [2.45, 2.75) is 45.8 Å². The van der Waals surface area contributed by atoms with Crippen LogP contribution in [-0.2, 0) is 13.1 Å². The van der Waals surface area contributed by atoms with Gasteiger partial charge in [-0.1, -0.05) is 36.4 Å². The van der Waals surface area contributed by atoms with E-state index in [-0.39, 0.29) is 30.0 Å². The molecule has 0 saturated carbocycles. The highest BCUT2D eigenvalue weighted by Gasteiger charge is 2.14. The van der Waals surface area contributed by atoms with E-state index in [0.717, 1.165) is 19.0 Å². The van der Waals surface area contributed by atoms with Gasteiger partial charge in [0, 0.05) is 31.9 Å². The van der Waals surface area contributed by atoms with Gasteiger partial charge in [-0.3, -0.25) is 0 Å². The first-order chi connectivity index (χ1) is 14.6. The number of anilines is 1. The Bertz CT molecular complexity index is 830.